The SMILES string of the molecule is Cc1cc(CC(C)C)ncc1N1C(=O)Nc2c(C(=O)O)sc3nccc1c23. The molecule has 2 amide bonds. The summed E-state index contributed by atoms with van der Waals surface area (Å²) >= 11 is 1.06. The Hall–Kier alpha value is -3.00. The van der Waals surface area contributed by atoms with Gasteiger partial charge in [-0.15, -0.1) is 11.3 Å². The van der Waals surface area contributed by atoms with E-state index in [1.54, 1.807) is 18.5 Å². The molecule has 138 valence electrons. The molecule has 7 nitrogen and oxygen atoms in total. The number of amides is 2. The van der Waals surface area contributed by atoms with Gasteiger partial charge in [0.25, 0.3) is 0 Å². The van der Waals surface area contributed by atoms with Gasteiger partial charge in [0.2, 0.25) is 0 Å². The first kappa shape index (κ1) is 17.4. The Morgan fingerprint density at radius 1 is 1.33 bits per heavy atom. The van der Waals surface area contributed by atoms with Gasteiger partial charge >= 0.3 is 12.0 Å². The number of aromatic carboxylic acids is 1. The van der Waals surface area contributed by atoms with Crippen molar-refractivity contribution >= 4 is 50.6 Å². The largest absolute Gasteiger partial charge is 0.477 e. The highest BCUT2D eigenvalue weighted by Gasteiger charge is 2.33. The summed E-state index contributed by atoms with van der Waals surface area (Å²) in [5.74, 6) is -0.591. The summed E-state index contributed by atoms with van der Waals surface area (Å²) in [6.07, 6.45) is 4.16. The molecular formula is C19H18N4O3S. The molecule has 4 rings (SSSR count). The van der Waals surface area contributed by atoms with Crippen molar-refractivity contribution in [1.29, 1.82) is 0 Å². The fraction of sp³-hybridized carbons (Fsp3) is 0.263. The Kier molecular flexibility index (Phi) is 4.07. The first-order valence-corrected chi connectivity index (χ1v) is 9.40. The number of pyridine rings is 2. The summed E-state index contributed by atoms with van der Waals surface area (Å²) in [6.45, 7) is 6.21. The molecule has 2 N–H and O–H groups in total. The number of carbonyl (C=O) groups excluding carboxylic acids is 1. The van der Waals surface area contributed by atoms with Crippen LogP contribution in [0.25, 0.3) is 10.2 Å². The number of nitrogens with zero attached hydrogens (tertiary/aromatic N) is 3. The second-order valence-electron chi connectivity index (χ2n) is 6.95. The van der Waals surface area contributed by atoms with Crippen LogP contribution in [0.3, 0.4) is 0 Å². The molecule has 0 fully saturated rings. The van der Waals surface area contributed by atoms with Gasteiger partial charge in [0.1, 0.15) is 9.71 Å². The molecule has 0 unspecified atom stereocenters. The van der Waals surface area contributed by atoms with Crippen LogP contribution in [0.2, 0.25) is 0 Å². The van der Waals surface area contributed by atoms with E-state index in [-0.39, 0.29) is 4.88 Å². The number of aryl methyl sites for hydroxylation is 1. The van der Waals surface area contributed by atoms with E-state index < -0.39 is 12.0 Å². The summed E-state index contributed by atoms with van der Waals surface area (Å²) in [5, 5.41) is 12.8. The number of carboxylic acids is 1. The topological polar surface area (TPSA) is 95.4 Å². The Balaban J connectivity index is 1.88. The van der Waals surface area contributed by atoms with Gasteiger partial charge in [-0.05, 0) is 37.0 Å². The van der Waals surface area contributed by atoms with Gasteiger partial charge in [0.15, 0.2) is 0 Å². The molecule has 27 heavy (non-hydrogen) atoms. The number of hydrogen-bond donors (Lipinski definition) is 2. The Labute approximate surface area is 159 Å². The lowest BCUT2D eigenvalue weighted by Gasteiger charge is -2.29. The molecule has 3 aromatic heterocycles. The van der Waals surface area contributed by atoms with Crippen LogP contribution in [0, 0.1) is 12.8 Å². The highest BCUT2D eigenvalue weighted by Crippen LogP contribution is 2.46. The molecule has 1 aliphatic rings. The third kappa shape index (κ3) is 2.82. The number of carbonyl (C=O) groups is 2. The lowest BCUT2D eigenvalue weighted by atomic mass is 10.1. The second-order valence-corrected chi connectivity index (χ2v) is 7.95. The maximum absolute atomic E-state index is 12.9. The maximum Gasteiger partial charge on any atom is 0.348 e. The molecule has 0 aliphatic carbocycles. The molecule has 0 aromatic carbocycles. The maximum atomic E-state index is 12.9. The number of anilines is 3. The van der Waals surface area contributed by atoms with Crippen molar-refractivity contribution in [2.45, 2.75) is 27.2 Å². The van der Waals surface area contributed by atoms with Crippen molar-refractivity contribution in [2.24, 2.45) is 5.92 Å². The summed E-state index contributed by atoms with van der Waals surface area (Å²) in [4.78, 5) is 35.4. The first-order valence-electron chi connectivity index (χ1n) is 8.58. The van der Waals surface area contributed by atoms with E-state index >= 15 is 0 Å². The molecular weight excluding hydrogens is 364 g/mol. The minimum Gasteiger partial charge on any atom is -0.477 e. The predicted octanol–water partition coefficient (Wildman–Crippen LogP) is 4.58. The summed E-state index contributed by atoms with van der Waals surface area (Å²) in [7, 11) is 0. The number of thiophene rings is 1. The zero-order valence-electron chi connectivity index (χ0n) is 15.1. The highest BCUT2D eigenvalue weighted by atomic mass is 32.1. The lowest BCUT2D eigenvalue weighted by molar-refractivity contribution is 0.0703. The van der Waals surface area contributed by atoms with Crippen LogP contribution in [-0.4, -0.2) is 27.1 Å². The van der Waals surface area contributed by atoms with E-state index in [1.807, 2.05) is 13.0 Å². The minimum atomic E-state index is -1.08. The smallest absolute Gasteiger partial charge is 0.348 e. The fourth-order valence-electron chi connectivity index (χ4n) is 3.35. The lowest BCUT2D eigenvalue weighted by Crippen LogP contribution is -2.34. The average Bonchev–Trinajstić information content (AvgIpc) is 2.96. The number of aromatic nitrogens is 2. The normalized spacial score (nSPS) is 13.3. The molecule has 8 heteroatoms. The third-order valence-electron chi connectivity index (χ3n) is 4.44. The van der Waals surface area contributed by atoms with Crippen molar-refractivity contribution in [1.82, 2.24) is 9.97 Å². The monoisotopic (exact) mass is 382 g/mol. The number of hydrogen-bond acceptors (Lipinski definition) is 5. The van der Waals surface area contributed by atoms with E-state index in [0.717, 1.165) is 29.0 Å². The fourth-order valence-corrected chi connectivity index (χ4v) is 4.30. The Morgan fingerprint density at radius 3 is 2.78 bits per heavy atom. The van der Waals surface area contributed by atoms with Crippen molar-refractivity contribution < 1.29 is 14.7 Å². The molecule has 0 saturated heterocycles. The zero-order valence-corrected chi connectivity index (χ0v) is 15.9. The van der Waals surface area contributed by atoms with Crippen LogP contribution >= 0.6 is 11.3 Å². The van der Waals surface area contributed by atoms with Crippen LogP contribution in [0.15, 0.2) is 24.5 Å². The molecule has 0 saturated carbocycles. The van der Waals surface area contributed by atoms with Gasteiger partial charge in [-0.3, -0.25) is 9.88 Å². The van der Waals surface area contributed by atoms with Crippen LogP contribution in [0.4, 0.5) is 21.9 Å². The van der Waals surface area contributed by atoms with Crippen molar-refractivity contribution in [3.63, 3.8) is 0 Å². The molecule has 0 bridgehead atoms. The van der Waals surface area contributed by atoms with E-state index in [0.29, 0.717) is 33.2 Å². The Bertz CT molecular complexity index is 1090. The van der Waals surface area contributed by atoms with E-state index in [4.69, 9.17) is 0 Å². The minimum absolute atomic E-state index is 0.0834. The van der Waals surface area contributed by atoms with Gasteiger partial charge in [-0.1, -0.05) is 13.8 Å². The van der Waals surface area contributed by atoms with Gasteiger partial charge in [0, 0.05) is 11.9 Å². The van der Waals surface area contributed by atoms with Crippen LogP contribution in [0.1, 0.15) is 34.8 Å². The summed E-state index contributed by atoms with van der Waals surface area (Å²) in [5.41, 5.74) is 3.50. The number of nitrogens with one attached hydrogen (secondary N) is 1. The Morgan fingerprint density at radius 2 is 2.11 bits per heavy atom. The van der Waals surface area contributed by atoms with Crippen LogP contribution < -0.4 is 10.2 Å². The second kappa shape index (κ2) is 6.31. The van der Waals surface area contributed by atoms with Gasteiger partial charge in [-0.2, -0.15) is 0 Å². The summed E-state index contributed by atoms with van der Waals surface area (Å²) < 4.78 is 0. The van der Waals surface area contributed by atoms with Gasteiger partial charge < -0.3 is 10.4 Å². The molecule has 0 spiro atoms. The summed E-state index contributed by atoms with van der Waals surface area (Å²) in [6, 6.07) is 3.31. The average molecular weight is 382 g/mol. The van der Waals surface area contributed by atoms with Crippen molar-refractivity contribution in [3.05, 3.63) is 40.7 Å². The van der Waals surface area contributed by atoms with E-state index in [9.17, 15) is 14.7 Å². The van der Waals surface area contributed by atoms with Crippen LogP contribution in [-0.2, 0) is 6.42 Å². The van der Waals surface area contributed by atoms with E-state index in [2.05, 4.69) is 29.1 Å². The molecule has 0 atom stereocenters. The standard InChI is InChI=1S/C19H18N4O3S/c1-9(2)6-11-7-10(3)13(8-21-11)23-12-4-5-20-17-14(12)15(22-19(23)26)16(27-17)18(24)25/h4-5,7-9H,6H2,1-3H3,(H,22,26)(H,24,25). The molecule has 4 heterocycles. The first-order chi connectivity index (χ1) is 12.9. The molecule has 3 aromatic rings. The van der Waals surface area contributed by atoms with Crippen molar-refractivity contribution in [3.8, 4) is 0 Å². The van der Waals surface area contributed by atoms with Gasteiger partial charge in [-0.25, -0.2) is 14.6 Å². The van der Waals surface area contributed by atoms with Crippen LogP contribution in [0.5, 0.6) is 0 Å². The quantitative estimate of drug-likeness (QED) is 0.688. The number of carboxylic acid groups (broad SMARTS) is 1. The van der Waals surface area contributed by atoms with E-state index in [1.165, 1.54) is 4.90 Å². The van der Waals surface area contributed by atoms with Crippen molar-refractivity contribution in [2.75, 3.05) is 10.2 Å². The molecule has 1 aliphatic heterocycles. The predicted molar refractivity (Wildman–Crippen MR) is 105 cm³/mol. The number of urea groups is 1. The van der Waals surface area contributed by atoms with Gasteiger partial charge in [0.05, 0.1) is 28.6 Å². The number of rotatable bonds is 4. The highest BCUT2D eigenvalue weighted by molar-refractivity contribution is 7.21. The molecule has 0 radical (unpaired) electrons. The zero-order chi connectivity index (χ0) is 19.3. The third-order valence-corrected chi connectivity index (χ3v) is 5.52.